The molecule has 0 saturated carbocycles. The van der Waals surface area contributed by atoms with Crippen molar-refractivity contribution in [2.45, 2.75) is 65.7 Å². The molecule has 0 aromatic carbocycles. The fourth-order valence-electron chi connectivity index (χ4n) is 3.08. The SMILES string of the molecule is CC1CC(C)CN(C(=O)CCCc2nc(C(C)(C)C)no2)C1. The molecular formula is C17H29N3O2. The van der Waals surface area contributed by atoms with E-state index in [-0.39, 0.29) is 11.3 Å². The van der Waals surface area contributed by atoms with Gasteiger partial charge in [-0.2, -0.15) is 4.98 Å². The lowest BCUT2D eigenvalue weighted by atomic mass is 9.91. The van der Waals surface area contributed by atoms with Crippen LogP contribution in [-0.2, 0) is 16.6 Å². The maximum absolute atomic E-state index is 12.3. The first-order chi connectivity index (χ1) is 10.3. The highest BCUT2D eigenvalue weighted by atomic mass is 16.5. The van der Waals surface area contributed by atoms with Gasteiger partial charge in [0.1, 0.15) is 0 Å². The monoisotopic (exact) mass is 307 g/mol. The molecule has 2 rings (SSSR count). The van der Waals surface area contributed by atoms with Gasteiger partial charge in [0, 0.05) is 31.3 Å². The van der Waals surface area contributed by atoms with E-state index in [1.807, 2.05) is 4.90 Å². The van der Waals surface area contributed by atoms with E-state index in [0.29, 0.717) is 30.6 Å². The van der Waals surface area contributed by atoms with Gasteiger partial charge in [0.25, 0.3) is 0 Å². The molecule has 1 aliphatic heterocycles. The van der Waals surface area contributed by atoms with Crippen molar-refractivity contribution >= 4 is 5.91 Å². The summed E-state index contributed by atoms with van der Waals surface area (Å²) in [7, 11) is 0. The fraction of sp³-hybridized carbons (Fsp3) is 0.824. The zero-order valence-electron chi connectivity index (χ0n) is 14.6. The van der Waals surface area contributed by atoms with Gasteiger partial charge in [-0.15, -0.1) is 0 Å². The quantitative estimate of drug-likeness (QED) is 0.857. The van der Waals surface area contributed by atoms with Crippen LogP contribution < -0.4 is 0 Å². The summed E-state index contributed by atoms with van der Waals surface area (Å²) in [5, 5.41) is 4.01. The molecule has 1 aromatic rings. The molecule has 0 spiro atoms. The Morgan fingerprint density at radius 1 is 1.27 bits per heavy atom. The number of rotatable bonds is 4. The Labute approximate surface area is 133 Å². The van der Waals surface area contributed by atoms with Crippen molar-refractivity contribution in [1.29, 1.82) is 0 Å². The molecule has 1 saturated heterocycles. The summed E-state index contributed by atoms with van der Waals surface area (Å²) in [5.41, 5.74) is -0.0996. The summed E-state index contributed by atoms with van der Waals surface area (Å²) in [6.45, 7) is 12.4. The number of aryl methyl sites for hydroxylation is 1. The molecule has 1 fully saturated rings. The molecule has 5 nitrogen and oxygen atoms in total. The van der Waals surface area contributed by atoms with Gasteiger partial charge in [0.15, 0.2) is 5.82 Å². The molecule has 2 atom stereocenters. The second kappa shape index (κ2) is 6.80. The number of hydrogen-bond acceptors (Lipinski definition) is 4. The maximum Gasteiger partial charge on any atom is 0.226 e. The molecule has 1 amide bonds. The molecule has 2 unspecified atom stereocenters. The highest BCUT2D eigenvalue weighted by Gasteiger charge is 2.25. The van der Waals surface area contributed by atoms with Crippen LogP contribution in [0.5, 0.6) is 0 Å². The highest BCUT2D eigenvalue weighted by Crippen LogP contribution is 2.22. The van der Waals surface area contributed by atoms with E-state index >= 15 is 0 Å². The lowest BCUT2D eigenvalue weighted by Gasteiger charge is -2.35. The number of carbonyl (C=O) groups is 1. The predicted molar refractivity (Wildman–Crippen MR) is 85.5 cm³/mol. The van der Waals surface area contributed by atoms with Gasteiger partial charge in [-0.1, -0.05) is 39.8 Å². The lowest BCUT2D eigenvalue weighted by molar-refractivity contribution is -0.134. The van der Waals surface area contributed by atoms with Crippen molar-refractivity contribution in [3.8, 4) is 0 Å². The molecule has 2 heterocycles. The summed E-state index contributed by atoms with van der Waals surface area (Å²) >= 11 is 0. The van der Waals surface area contributed by atoms with Gasteiger partial charge in [0.05, 0.1) is 0 Å². The summed E-state index contributed by atoms with van der Waals surface area (Å²) in [6.07, 6.45) is 3.23. The largest absolute Gasteiger partial charge is 0.342 e. The van der Waals surface area contributed by atoms with Crippen molar-refractivity contribution in [2.24, 2.45) is 11.8 Å². The first-order valence-electron chi connectivity index (χ1n) is 8.36. The van der Waals surface area contributed by atoms with E-state index in [2.05, 4.69) is 44.8 Å². The van der Waals surface area contributed by atoms with E-state index in [1.165, 1.54) is 6.42 Å². The number of amides is 1. The molecule has 0 N–H and O–H groups in total. The molecule has 1 aliphatic rings. The van der Waals surface area contributed by atoms with Gasteiger partial charge in [-0.3, -0.25) is 4.79 Å². The lowest BCUT2D eigenvalue weighted by Crippen LogP contribution is -2.42. The average molecular weight is 307 g/mol. The second-order valence-corrected chi connectivity index (χ2v) is 7.86. The summed E-state index contributed by atoms with van der Waals surface area (Å²) < 4.78 is 5.27. The van der Waals surface area contributed by atoms with Crippen LogP contribution in [0.3, 0.4) is 0 Å². The number of carbonyl (C=O) groups excluding carboxylic acids is 1. The third-order valence-corrected chi connectivity index (χ3v) is 4.14. The van der Waals surface area contributed by atoms with E-state index in [4.69, 9.17) is 4.52 Å². The minimum Gasteiger partial charge on any atom is -0.342 e. The van der Waals surface area contributed by atoms with E-state index < -0.39 is 0 Å². The van der Waals surface area contributed by atoms with Gasteiger partial charge in [0.2, 0.25) is 11.8 Å². The van der Waals surface area contributed by atoms with Crippen molar-refractivity contribution in [3.63, 3.8) is 0 Å². The van der Waals surface area contributed by atoms with Gasteiger partial charge in [-0.05, 0) is 24.7 Å². The maximum atomic E-state index is 12.3. The third-order valence-electron chi connectivity index (χ3n) is 4.14. The van der Waals surface area contributed by atoms with Crippen molar-refractivity contribution in [1.82, 2.24) is 15.0 Å². The van der Waals surface area contributed by atoms with E-state index in [1.54, 1.807) is 0 Å². The van der Waals surface area contributed by atoms with Gasteiger partial charge < -0.3 is 9.42 Å². The summed E-state index contributed by atoms with van der Waals surface area (Å²) in [6, 6.07) is 0. The van der Waals surface area contributed by atoms with Crippen LogP contribution in [-0.4, -0.2) is 34.0 Å². The minimum atomic E-state index is -0.0996. The van der Waals surface area contributed by atoms with Crippen molar-refractivity contribution < 1.29 is 9.32 Å². The summed E-state index contributed by atoms with van der Waals surface area (Å²) in [4.78, 5) is 18.7. The van der Waals surface area contributed by atoms with Crippen LogP contribution in [0.25, 0.3) is 0 Å². The topological polar surface area (TPSA) is 59.2 Å². The van der Waals surface area contributed by atoms with Gasteiger partial charge >= 0.3 is 0 Å². The Bertz CT molecular complexity index is 494. The standard InChI is InChI=1S/C17H29N3O2/c1-12-9-13(2)11-20(10-12)15(21)8-6-7-14-18-16(19-22-14)17(3,4)5/h12-13H,6-11H2,1-5H3. The summed E-state index contributed by atoms with van der Waals surface area (Å²) in [5.74, 6) is 2.84. The number of likely N-dealkylation sites (tertiary alicyclic amines) is 1. The number of piperidine rings is 1. The van der Waals surface area contributed by atoms with Crippen LogP contribution in [0.4, 0.5) is 0 Å². The van der Waals surface area contributed by atoms with E-state index in [9.17, 15) is 4.79 Å². The zero-order valence-corrected chi connectivity index (χ0v) is 14.6. The zero-order chi connectivity index (χ0) is 16.3. The molecule has 0 bridgehead atoms. The third kappa shape index (κ3) is 4.55. The molecule has 5 heteroatoms. The van der Waals surface area contributed by atoms with Crippen molar-refractivity contribution in [3.05, 3.63) is 11.7 Å². The molecule has 124 valence electrons. The minimum absolute atomic E-state index is 0.0996. The molecule has 22 heavy (non-hydrogen) atoms. The predicted octanol–water partition coefficient (Wildman–Crippen LogP) is 3.19. The Morgan fingerprint density at radius 3 is 2.45 bits per heavy atom. The smallest absolute Gasteiger partial charge is 0.226 e. The normalized spacial score (nSPS) is 22.9. The van der Waals surface area contributed by atoms with Crippen LogP contribution in [0.1, 0.15) is 65.6 Å². The molecular weight excluding hydrogens is 278 g/mol. The van der Waals surface area contributed by atoms with Crippen molar-refractivity contribution in [2.75, 3.05) is 13.1 Å². The fourth-order valence-corrected chi connectivity index (χ4v) is 3.08. The van der Waals surface area contributed by atoms with Crippen LogP contribution in [0, 0.1) is 11.8 Å². The molecule has 0 radical (unpaired) electrons. The van der Waals surface area contributed by atoms with Crippen LogP contribution in [0.2, 0.25) is 0 Å². The average Bonchev–Trinajstić information content (AvgIpc) is 2.86. The van der Waals surface area contributed by atoms with Crippen LogP contribution >= 0.6 is 0 Å². The Hall–Kier alpha value is -1.39. The van der Waals surface area contributed by atoms with Crippen LogP contribution in [0.15, 0.2) is 4.52 Å². The molecule has 0 aliphatic carbocycles. The first-order valence-corrected chi connectivity index (χ1v) is 8.36. The van der Waals surface area contributed by atoms with Gasteiger partial charge in [-0.25, -0.2) is 0 Å². The molecule has 1 aromatic heterocycles. The Balaban J connectivity index is 1.78. The Morgan fingerprint density at radius 2 is 1.91 bits per heavy atom. The second-order valence-electron chi connectivity index (χ2n) is 7.86. The van der Waals surface area contributed by atoms with E-state index in [0.717, 1.165) is 25.3 Å². The highest BCUT2D eigenvalue weighted by molar-refractivity contribution is 5.76. The number of hydrogen-bond donors (Lipinski definition) is 0. The Kier molecular flexibility index (Phi) is 5.24. The number of nitrogens with zero attached hydrogens (tertiary/aromatic N) is 3. The first kappa shape index (κ1) is 17.0. The number of aromatic nitrogens is 2.